The molecule has 0 aliphatic rings. The maximum Gasteiger partial charge on any atom is 0.0910 e. The van der Waals surface area contributed by atoms with Crippen LogP contribution in [-0.2, 0) is 6.54 Å². The molecule has 5 nitrogen and oxygen atoms in total. The highest BCUT2D eigenvalue weighted by Gasteiger charge is 2.22. The van der Waals surface area contributed by atoms with Gasteiger partial charge in [0.25, 0.3) is 0 Å². The Bertz CT molecular complexity index is 537. The number of pyridine rings is 1. The number of halogens is 1. The number of hydrazine groups is 1. The van der Waals surface area contributed by atoms with Crippen LogP contribution in [0.1, 0.15) is 29.9 Å². The molecule has 1 atom stereocenters. The molecule has 2 aromatic heterocycles. The van der Waals surface area contributed by atoms with Gasteiger partial charge in [-0.25, -0.2) is 5.43 Å². The Kier molecular flexibility index (Phi) is 3.96. The second-order valence-corrected chi connectivity index (χ2v) is 4.38. The van der Waals surface area contributed by atoms with E-state index in [1.807, 2.05) is 30.7 Å². The smallest absolute Gasteiger partial charge is 0.0910 e. The maximum absolute atomic E-state index is 6.20. The van der Waals surface area contributed by atoms with Crippen molar-refractivity contribution in [3.63, 3.8) is 0 Å². The van der Waals surface area contributed by atoms with Crippen molar-refractivity contribution in [3.05, 3.63) is 46.5 Å². The van der Waals surface area contributed by atoms with Gasteiger partial charge in [-0.05, 0) is 25.5 Å². The van der Waals surface area contributed by atoms with Gasteiger partial charge >= 0.3 is 0 Å². The fraction of sp³-hybridized carbons (Fsp3) is 0.333. The van der Waals surface area contributed by atoms with E-state index in [2.05, 4.69) is 15.5 Å². The summed E-state index contributed by atoms with van der Waals surface area (Å²) in [5, 5.41) is 4.83. The molecule has 0 bridgehead atoms. The Morgan fingerprint density at radius 1 is 1.56 bits per heavy atom. The van der Waals surface area contributed by atoms with Gasteiger partial charge in [-0.15, -0.1) is 0 Å². The lowest BCUT2D eigenvalue weighted by molar-refractivity contribution is 0.541. The van der Waals surface area contributed by atoms with Gasteiger partial charge in [-0.1, -0.05) is 17.7 Å². The first-order valence-corrected chi connectivity index (χ1v) is 6.15. The normalized spacial score (nSPS) is 12.7. The molecule has 2 rings (SSSR count). The molecular formula is C12H16ClN5. The zero-order valence-electron chi connectivity index (χ0n) is 10.4. The van der Waals surface area contributed by atoms with Crippen molar-refractivity contribution in [3.8, 4) is 0 Å². The van der Waals surface area contributed by atoms with Crippen LogP contribution < -0.4 is 11.3 Å². The number of nitrogens with one attached hydrogen (secondary N) is 1. The molecule has 6 heteroatoms. The van der Waals surface area contributed by atoms with E-state index in [1.165, 1.54) is 0 Å². The summed E-state index contributed by atoms with van der Waals surface area (Å²) < 4.78 is 1.83. The van der Waals surface area contributed by atoms with Crippen LogP contribution in [0.15, 0.2) is 24.5 Å². The molecule has 0 saturated carbocycles. The minimum Gasteiger partial charge on any atom is -0.271 e. The largest absolute Gasteiger partial charge is 0.271 e. The zero-order valence-corrected chi connectivity index (χ0v) is 11.1. The van der Waals surface area contributed by atoms with Gasteiger partial charge < -0.3 is 0 Å². The number of hydrogen-bond acceptors (Lipinski definition) is 4. The molecule has 0 spiro atoms. The third-order valence-electron chi connectivity index (χ3n) is 2.93. The summed E-state index contributed by atoms with van der Waals surface area (Å²) in [4.78, 5) is 4.27. The van der Waals surface area contributed by atoms with E-state index >= 15 is 0 Å². The van der Waals surface area contributed by atoms with Crippen LogP contribution in [0, 0.1) is 6.92 Å². The topological polar surface area (TPSA) is 68.8 Å². The van der Waals surface area contributed by atoms with Crippen LogP contribution in [-0.4, -0.2) is 14.8 Å². The van der Waals surface area contributed by atoms with Gasteiger partial charge in [0.15, 0.2) is 0 Å². The van der Waals surface area contributed by atoms with Gasteiger partial charge in [-0.2, -0.15) is 5.10 Å². The first-order valence-electron chi connectivity index (χ1n) is 5.77. The number of hydrogen-bond donors (Lipinski definition) is 2. The van der Waals surface area contributed by atoms with Gasteiger partial charge in [0.1, 0.15) is 0 Å². The standard InChI is InChI=1S/C12H16ClN5/c1-3-18-12(10(13)7-16-18)11(17-14)9-5-4-6-15-8(9)2/h4-7,11,17H,3,14H2,1-2H3. The molecule has 0 fully saturated rings. The minimum atomic E-state index is -0.214. The first kappa shape index (κ1) is 13.0. The van der Waals surface area contributed by atoms with Crippen molar-refractivity contribution >= 4 is 11.6 Å². The molecule has 0 aliphatic carbocycles. The van der Waals surface area contributed by atoms with Gasteiger partial charge in [0.05, 0.1) is 23.0 Å². The van der Waals surface area contributed by atoms with Crippen molar-refractivity contribution in [1.29, 1.82) is 0 Å². The second-order valence-electron chi connectivity index (χ2n) is 3.97. The Labute approximate surface area is 111 Å². The summed E-state index contributed by atoms with van der Waals surface area (Å²) in [6.07, 6.45) is 3.39. The highest BCUT2D eigenvalue weighted by molar-refractivity contribution is 6.31. The lowest BCUT2D eigenvalue weighted by Gasteiger charge is -2.19. The van der Waals surface area contributed by atoms with E-state index in [-0.39, 0.29) is 6.04 Å². The van der Waals surface area contributed by atoms with Crippen LogP contribution in [0.2, 0.25) is 5.02 Å². The van der Waals surface area contributed by atoms with E-state index < -0.39 is 0 Å². The molecule has 18 heavy (non-hydrogen) atoms. The number of nitrogens with two attached hydrogens (primary N) is 1. The van der Waals surface area contributed by atoms with Gasteiger partial charge in [-0.3, -0.25) is 15.5 Å². The van der Waals surface area contributed by atoms with Crippen molar-refractivity contribution in [2.75, 3.05) is 0 Å². The summed E-state index contributed by atoms with van der Waals surface area (Å²) in [5.74, 6) is 5.68. The predicted molar refractivity (Wildman–Crippen MR) is 71.1 cm³/mol. The second kappa shape index (κ2) is 5.48. The fourth-order valence-corrected chi connectivity index (χ4v) is 2.28. The molecule has 3 N–H and O–H groups in total. The summed E-state index contributed by atoms with van der Waals surface area (Å²) in [6, 6.07) is 3.65. The lowest BCUT2D eigenvalue weighted by Crippen LogP contribution is -2.31. The van der Waals surface area contributed by atoms with Gasteiger partial charge in [0.2, 0.25) is 0 Å². The molecule has 2 heterocycles. The minimum absolute atomic E-state index is 0.214. The Balaban J connectivity index is 2.52. The number of aryl methyl sites for hydroxylation is 2. The van der Waals surface area contributed by atoms with Gasteiger partial charge in [0, 0.05) is 18.4 Å². The number of nitrogens with zero attached hydrogens (tertiary/aromatic N) is 3. The van der Waals surface area contributed by atoms with E-state index in [0.29, 0.717) is 5.02 Å². The quantitative estimate of drug-likeness (QED) is 0.654. The fourth-order valence-electron chi connectivity index (χ4n) is 2.03. The van der Waals surface area contributed by atoms with Crippen LogP contribution in [0.5, 0.6) is 0 Å². The number of rotatable bonds is 4. The van der Waals surface area contributed by atoms with Crippen LogP contribution in [0.4, 0.5) is 0 Å². The average Bonchev–Trinajstić information content (AvgIpc) is 2.74. The first-order chi connectivity index (χ1) is 8.69. The van der Waals surface area contributed by atoms with Crippen molar-refractivity contribution in [2.45, 2.75) is 26.4 Å². The van der Waals surface area contributed by atoms with Crippen molar-refractivity contribution < 1.29 is 0 Å². The maximum atomic E-state index is 6.20. The summed E-state index contributed by atoms with van der Waals surface area (Å²) in [7, 11) is 0. The van der Waals surface area contributed by atoms with Crippen molar-refractivity contribution in [2.24, 2.45) is 5.84 Å². The van der Waals surface area contributed by atoms with Crippen LogP contribution >= 0.6 is 11.6 Å². The van der Waals surface area contributed by atoms with E-state index in [4.69, 9.17) is 17.4 Å². The molecule has 2 aromatic rings. The highest BCUT2D eigenvalue weighted by atomic mass is 35.5. The molecule has 0 amide bonds. The molecule has 0 radical (unpaired) electrons. The molecule has 0 aliphatic heterocycles. The molecule has 96 valence electrons. The predicted octanol–water partition coefficient (Wildman–Crippen LogP) is 1.81. The van der Waals surface area contributed by atoms with Crippen LogP contribution in [0.25, 0.3) is 0 Å². The average molecular weight is 266 g/mol. The number of aromatic nitrogens is 3. The molecule has 1 unspecified atom stereocenters. The summed E-state index contributed by atoms with van der Waals surface area (Å²) in [5.41, 5.74) is 5.57. The molecule has 0 saturated heterocycles. The summed E-state index contributed by atoms with van der Waals surface area (Å²) >= 11 is 6.20. The summed E-state index contributed by atoms with van der Waals surface area (Å²) in [6.45, 7) is 4.69. The molecule has 0 aromatic carbocycles. The molecular weight excluding hydrogens is 250 g/mol. The lowest BCUT2D eigenvalue weighted by atomic mass is 10.0. The zero-order chi connectivity index (χ0) is 13.1. The Morgan fingerprint density at radius 3 is 2.94 bits per heavy atom. The van der Waals surface area contributed by atoms with Crippen LogP contribution in [0.3, 0.4) is 0 Å². The third kappa shape index (κ3) is 2.25. The third-order valence-corrected chi connectivity index (χ3v) is 3.22. The Morgan fingerprint density at radius 2 is 2.33 bits per heavy atom. The van der Waals surface area contributed by atoms with Crippen molar-refractivity contribution in [1.82, 2.24) is 20.2 Å². The monoisotopic (exact) mass is 265 g/mol. The SMILES string of the molecule is CCn1ncc(Cl)c1C(NN)c1cccnc1C. The van der Waals surface area contributed by atoms with E-state index in [0.717, 1.165) is 23.5 Å². The highest BCUT2D eigenvalue weighted by Crippen LogP contribution is 2.28. The van der Waals surface area contributed by atoms with E-state index in [1.54, 1.807) is 12.4 Å². The Hall–Kier alpha value is -1.43. The van der Waals surface area contributed by atoms with E-state index in [9.17, 15) is 0 Å².